The summed E-state index contributed by atoms with van der Waals surface area (Å²) in [6.07, 6.45) is 2.29. The molecule has 2 atom stereocenters. The molecule has 1 aromatic rings. The van der Waals surface area contributed by atoms with Gasteiger partial charge in [-0.1, -0.05) is 12.1 Å². The zero-order valence-corrected chi connectivity index (χ0v) is 11.7. The van der Waals surface area contributed by atoms with Gasteiger partial charge in [0, 0.05) is 25.3 Å². The fourth-order valence-corrected chi connectivity index (χ4v) is 2.69. The first kappa shape index (κ1) is 14.0. The van der Waals surface area contributed by atoms with Crippen LogP contribution >= 0.6 is 0 Å². The van der Waals surface area contributed by atoms with E-state index in [0.717, 1.165) is 26.1 Å². The molecular weight excluding hydrogens is 236 g/mol. The van der Waals surface area contributed by atoms with Crippen LogP contribution in [0.25, 0.3) is 0 Å². The Balaban J connectivity index is 1.91. The maximum atomic E-state index is 8.81. The smallest absolute Gasteiger partial charge is 0.0991 e. The number of nitriles is 1. The summed E-state index contributed by atoms with van der Waals surface area (Å²) in [7, 11) is 0. The van der Waals surface area contributed by atoms with Gasteiger partial charge in [-0.25, -0.2) is 0 Å². The zero-order valence-electron chi connectivity index (χ0n) is 11.7. The molecule has 1 N–H and O–H groups in total. The molecule has 0 aromatic heterocycles. The molecule has 0 aliphatic carbocycles. The van der Waals surface area contributed by atoms with Gasteiger partial charge in [0.1, 0.15) is 0 Å². The number of rotatable bonds is 4. The SMILES string of the molecule is CC(NC(C)C1CCOCC1)c1ccc(C#N)cc1. The molecule has 0 saturated carbocycles. The highest BCUT2D eigenvalue weighted by atomic mass is 16.5. The highest BCUT2D eigenvalue weighted by molar-refractivity contribution is 5.32. The van der Waals surface area contributed by atoms with Crippen LogP contribution in [0.2, 0.25) is 0 Å². The molecule has 1 aliphatic rings. The van der Waals surface area contributed by atoms with Gasteiger partial charge in [-0.15, -0.1) is 0 Å². The van der Waals surface area contributed by atoms with E-state index in [2.05, 4.69) is 25.2 Å². The summed E-state index contributed by atoms with van der Waals surface area (Å²) in [6, 6.07) is 10.8. The van der Waals surface area contributed by atoms with Crippen molar-refractivity contribution in [3.05, 3.63) is 35.4 Å². The van der Waals surface area contributed by atoms with Gasteiger partial charge in [-0.05, 0) is 50.3 Å². The predicted octanol–water partition coefficient (Wildman–Crippen LogP) is 3.02. The lowest BCUT2D eigenvalue weighted by molar-refractivity contribution is 0.0547. The predicted molar refractivity (Wildman–Crippen MR) is 75.7 cm³/mol. The molecule has 0 amide bonds. The highest BCUT2D eigenvalue weighted by Crippen LogP contribution is 2.21. The highest BCUT2D eigenvalue weighted by Gasteiger charge is 2.21. The molecular formula is C16H22N2O. The third-order valence-corrected chi connectivity index (χ3v) is 4.03. The second kappa shape index (κ2) is 6.70. The molecule has 1 aliphatic heterocycles. The van der Waals surface area contributed by atoms with Gasteiger partial charge in [-0.3, -0.25) is 0 Å². The Morgan fingerprint density at radius 3 is 2.42 bits per heavy atom. The minimum atomic E-state index is 0.311. The van der Waals surface area contributed by atoms with Gasteiger partial charge < -0.3 is 10.1 Å². The number of benzene rings is 1. The largest absolute Gasteiger partial charge is 0.381 e. The summed E-state index contributed by atoms with van der Waals surface area (Å²) in [6.45, 7) is 6.22. The van der Waals surface area contributed by atoms with Crippen molar-refractivity contribution in [3.8, 4) is 6.07 Å². The fourth-order valence-electron chi connectivity index (χ4n) is 2.69. The number of hydrogen-bond donors (Lipinski definition) is 1. The zero-order chi connectivity index (χ0) is 13.7. The quantitative estimate of drug-likeness (QED) is 0.903. The summed E-state index contributed by atoms with van der Waals surface area (Å²) >= 11 is 0. The van der Waals surface area contributed by atoms with E-state index in [4.69, 9.17) is 10.00 Å². The first-order valence-electron chi connectivity index (χ1n) is 7.04. The van der Waals surface area contributed by atoms with Crippen LogP contribution in [0.15, 0.2) is 24.3 Å². The second-order valence-electron chi connectivity index (χ2n) is 5.36. The van der Waals surface area contributed by atoms with E-state index in [-0.39, 0.29) is 0 Å². The first-order valence-corrected chi connectivity index (χ1v) is 7.04. The average molecular weight is 258 g/mol. The molecule has 2 unspecified atom stereocenters. The fraction of sp³-hybridized carbons (Fsp3) is 0.562. The first-order chi connectivity index (χ1) is 9.20. The molecule has 2 rings (SSSR count). The Labute approximate surface area is 115 Å². The summed E-state index contributed by atoms with van der Waals surface area (Å²) in [5.74, 6) is 0.703. The van der Waals surface area contributed by atoms with E-state index in [1.807, 2.05) is 24.3 Å². The van der Waals surface area contributed by atoms with Gasteiger partial charge in [0.25, 0.3) is 0 Å². The monoisotopic (exact) mass is 258 g/mol. The normalized spacial score (nSPS) is 19.6. The van der Waals surface area contributed by atoms with E-state index < -0.39 is 0 Å². The Morgan fingerprint density at radius 2 is 1.84 bits per heavy atom. The summed E-state index contributed by atoms with van der Waals surface area (Å²) in [5, 5.41) is 12.5. The average Bonchev–Trinajstić information content (AvgIpc) is 2.48. The molecule has 1 saturated heterocycles. The Kier molecular flexibility index (Phi) is 4.95. The van der Waals surface area contributed by atoms with Crippen molar-refractivity contribution in [3.63, 3.8) is 0 Å². The molecule has 19 heavy (non-hydrogen) atoms. The van der Waals surface area contributed by atoms with Crippen molar-refractivity contribution in [2.75, 3.05) is 13.2 Å². The van der Waals surface area contributed by atoms with E-state index >= 15 is 0 Å². The van der Waals surface area contributed by atoms with Crippen LogP contribution in [0.5, 0.6) is 0 Å². The number of hydrogen-bond acceptors (Lipinski definition) is 3. The molecule has 102 valence electrons. The number of ether oxygens (including phenoxy) is 1. The van der Waals surface area contributed by atoms with Crippen LogP contribution in [-0.4, -0.2) is 19.3 Å². The van der Waals surface area contributed by atoms with E-state index in [1.165, 1.54) is 5.56 Å². The Bertz CT molecular complexity index is 429. The number of nitrogens with one attached hydrogen (secondary N) is 1. The van der Waals surface area contributed by atoms with E-state index in [1.54, 1.807) is 0 Å². The molecule has 3 heteroatoms. The molecule has 0 bridgehead atoms. The van der Waals surface area contributed by atoms with Gasteiger partial charge in [0.05, 0.1) is 11.6 Å². The lowest BCUT2D eigenvalue weighted by atomic mass is 9.92. The third-order valence-electron chi connectivity index (χ3n) is 4.03. The van der Waals surface area contributed by atoms with Crippen molar-refractivity contribution < 1.29 is 4.74 Å². The van der Waals surface area contributed by atoms with E-state index in [0.29, 0.717) is 23.6 Å². The summed E-state index contributed by atoms with van der Waals surface area (Å²) in [5.41, 5.74) is 1.95. The van der Waals surface area contributed by atoms with Gasteiger partial charge in [-0.2, -0.15) is 5.26 Å². The summed E-state index contributed by atoms with van der Waals surface area (Å²) in [4.78, 5) is 0. The topological polar surface area (TPSA) is 45.0 Å². The Hall–Kier alpha value is -1.37. The van der Waals surface area contributed by atoms with Crippen LogP contribution in [0.3, 0.4) is 0 Å². The van der Waals surface area contributed by atoms with Gasteiger partial charge in [0.2, 0.25) is 0 Å². The maximum absolute atomic E-state index is 8.81. The number of nitrogens with zero attached hydrogens (tertiary/aromatic N) is 1. The standard InChI is InChI=1S/C16H22N2O/c1-12(15-5-3-14(11-17)4-6-15)18-13(2)16-7-9-19-10-8-16/h3-6,12-13,16,18H,7-10H2,1-2H3. The second-order valence-corrected chi connectivity index (χ2v) is 5.36. The van der Waals surface area contributed by atoms with Crippen LogP contribution in [0.4, 0.5) is 0 Å². The lowest BCUT2D eigenvalue weighted by Gasteiger charge is -2.30. The molecule has 1 fully saturated rings. The van der Waals surface area contributed by atoms with Gasteiger partial charge in [0.15, 0.2) is 0 Å². The maximum Gasteiger partial charge on any atom is 0.0991 e. The van der Waals surface area contributed by atoms with Crippen molar-refractivity contribution in [1.29, 1.82) is 5.26 Å². The summed E-state index contributed by atoms with van der Waals surface area (Å²) < 4.78 is 5.41. The minimum Gasteiger partial charge on any atom is -0.381 e. The lowest BCUT2D eigenvalue weighted by Crippen LogP contribution is -2.38. The Morgan fingerprint density at radius 1 is 1.21 bits per heavy atom. The molecule has 1 heterocycles. The van der Waals surface area contributed by atoms with Gasteiger partial charge >= 0.3 is 0 Å². The van der Waals surface area contributed by atoms with Crippen molar-refractivity contribution in [2.24, 2.45) is 5.92 Å². The van der Waals surface area contributed by atoms with Crippen molar-refractivity contribution in [1.82, 2.24) is 5.32 Å². The van der Waals surface area contributed by atoms with Crippen molar-refractivity contribution in [2.45, 2.75) is 38.8 Å². The molecule has 1 aromatic carbocycles. The van der Waals surface area contributed by atoms with Crippen LogP contribution in [0, 0.1) is 17.2 Å². The third kappa shape index (κ3) is 3.79. The van der Waals surface area contributed by atoms with Crippen LogP contribution < -0.4 is 5.32 Å². The van der Waals surface area contributed by atoms with Crippen molar-refractivity contribution >= 4 is 0 Å². The minimum absolute atomic E-state index is 0.311. The van der Waals surface area contributed by atoms with Crippen LogP contribution in [-0.2, 0) is 4.74 Å². The molecule has 3 nitrogen and oxygen atoms in total. The molecule has 0 spiro atoms. The van der Waals surface area contributed by atoms with E-state index in [9.17, 15) is 0 Å². The molecule has 0 radical (unpaired) electrons. The van der Waals surface area contributed by atoms with Crippen LogP contribution in [0.1, 0.15) is 43.9 Å².